The summed E-state index contributed by atoms with van der Waals surface area (Å²) in [5, 5.41) is 0.931. The van der Waals surface area contributed by atoms with Crippen molar-refractivity contribution in [1.82, 2.24) is 9.88 Å². The van der Waals surface area contributed by atoms with Crippen LogP contribution in [-0.4, -0.2) is 45.6 Å². The van der Waals surface area contributed by atoms with Crippen LogP contribution in [0.15, 0.2) is 64.4 Å². The summed E-state index contributed by atoms with van der Waals surface area (Å²) < 4.78 is 11.4. The molecule has 3 fully saturated rings. The van der Waals surface area contributed by atoms with E-state index in [0.29, 0.717) is 5.75 Å². The molecule has 1 N–H and O–H groups in total. The molecule has 2 amide bonds. The molecular weight excluding hydrogens is 548 g/mol. The van der Waals surface area contributed by atoms with Crippen LogP contribution in [0, 0.1) is 29.6 Å². The predicted molar refractivity (Wildman–Crippen MR) is 149 cm³/mol. The fraction of sp³-hybridized carbons (Fsp3) is 0.400. The van der Waals surface area contributed by atoms with Crippen LogP contribution in [0.5, 0.6) is 11.5 Å². The molecule has 3 heterocycles. The smallest absolute Gasteiger partial charge is 0.326 e. The number of aromatic nitrogens is 1. The maximum absolute atomic E-state index is 13.7. The van der Waals surface area contributed by atoms with E-state index in [2.05, 4.69) is 11.1 Å². The van der Waals surface area contributed by atoms with Crippen molar-refractivity contribution in [2.45, 2.75) is 42.6 Å². The Balaban J connectivity index is 1.24. The minimum absolute atomic E-state index is 0.00428. The molecule has 0 spiro atoms. The highest BCUT2D eigenvalue weighted by atomic mass is 32.2. The van der Waals surface area contributed by atoms with Crippen LogP contribution in [0.3, 0.4) is 0 Å². The van der Waals surface area contributed by atoms with E-state index in [-0.39, 0.29) is 58.3 Å². The number of rotatable bonds is 6. The average molecular weight is 577 g/mol. The molecule has 10 heteroatoms. The lowest BCUT2D eigenvalue weighted by atomic mass is 9.68. The van der Waals surface area contributed by atoms with Crippen LogP contribution in [0.1, 0.15) is 36.6 Å². The number of benzene rings is 2. The van der Waals surface area contributed by atoms with Gasteiger partial charge in [-0.1, -0.05) is 41.7 Å². The van der Waals surface area contributed by atoms with Crippen molar-refractivity contribution in [3.8, 4) is 11.5 Å². The number of fused-ring (bicyclic) bond motifs is 9. The van der Waals surface area contributed by atoms with Gasteiger partial charge in [0.2, 0.25) is 11.8 Å². The van der Waals surface area contributed by atoms with Crippen LogP contribution >= 0.6 is 23.1 Å². The quantitative estimate of drug-likeness (QED) is 0.336. The number of likely N-dealkylation sites (tertiary alicyclic amines) is 1. The van der Waals surface area contributed by atoms with E-state index in [9.17, 15) is 19.2 Å². The molecule has 1 aromatic heterocycles. The molecule has 4 aliphatic rings. The number of H-pyrrole nitrogens is 1. The highest BCUT2D eigenvalue weighted by molar-refractivity contribution is 8.00. The van der Waals surface area contributed by atoms with Crippen LogP contribution < -0.4 is 9.61 Å². The third-order valence-corrected chi connectivity index (χ3v) is 11.3. The molecule has 40 heavy (non-hydrogen) atoms. The van der Waals surface area contributed by atoms with Crippen molar-refractivity contribution >= 4 is 40.9 Å². The molecule has 2 aliphatic carbocycles. The Morgan fingerprint density at radius 1 is 1.00 bits per heavy atom. The molecular formula is C30H28N2O6S2. The van der Waals surface area contributed by atoms with Crippen molar-refractivity contribution in [2.24, 2.45) is 29.6 Å². The lowest BCUT2D eigenvalue weighted by Gasteiger charge is -2.43. The monoisotopic (exact) mass is 576 g/mol. The molecule has 8 nitrogen and oxygen atoms in total. The summed E-state index contributed by atoms with van der Waals surface area (Å²) in [6, 6.07) is 17.5. The summed E-state index contributed by atoms with van der Waals surface area (Å²) in [4.78, 5) is 57.1. The molecule has 0 radical (unpaired) electrons. The number of ether oxygens (including phenoxy) is 2. The second-order valence-corrected chi connectivity index (χ2v) is 13.5. The maximum Gasteiger partial charge on any atom is 0.326 e. The number of aromatic amines is 1. The molecule has 2 saturated carbocycles. The van der Waals surface area contributed by atoms with Crippen LogP contribution in [-0.2, 0) is 19.1 Å². The fourth-order valence-electron chi connectivity index (χ4n) is 7.43. The minimum Gasteiger partial charge on any atom is -0.462 e. The Labute approximate surface area is 239 Å². The Morgan fingerprint density at radius 3 is 2.48 bits per heavy atom. The van der Waals surface area contributed by atoms with Gasteiger partial charge in [-0.05, 0) is 67.9 Å². The largest absolute Gasteiger partial charge is 0.462 e. The third-order valence-electron chi connectivity index (χ3n) is 8.67. The van der Waals surface area contributed by atoms with Crippen molar-refractivity contribution < 1.29 is 23.9 Å². The second kappa shape index (κ2) is 9.62. The normalized spacial score (nSPS) is 29.9. The van der Waals surface area contributed by atoms with Crippen molar-refractivity contribution in [3.05, 3.63) is 74.7 Å². The zero-order chi connectivity index (χ0) is 27.7. The number of amides is 2. The van der Waals surface area contributed by atoms with E-state index in [4.69, 9.17) is 9.47 Å². The Hall–Kier alpha value is -3.37. The number of thioether (sulfide) groups is 1. The average Bonchev–Trinajstić information content (AvgIpc) is 3.65. The fourth-order valence-corrected chi connectivity index (χ4v) is 10.3. The first-order valence-corrected chi connectivity index (χ1v) is 15.3. The topological polar surface area (TPSA) is 106 Å². The molecule has 2 bridgehead atoms. The summed E-state index contributed by atoms with van der Waals surface area (Å²) in [5.41, 5.74) is 1.03. The summed E-state index contributed by atoms with van der Waals surface area (Å²) in [6.07, 6.45) is 0.466. The highest BCUT2D eigenvalue weighted by Crippen LogP contribution is 2.68. The number of nitrogens with one attached hydrogen (secondary N) is 1. The zero-order valence-electron chi connectivity index (χ0n) is 21.9. The number of imide groups is 1. The van der Waals surface area contributed by atoms with Crippen LogP contribution in [0.4, 0.5) is 0 Å². The summed E-state index contributed by atoms with van der Waals surface area (Å²) in [5.74, 6) is -0.606. The summed E-state index contributed by atoms with van der Waals surface area (Å²) in [6.45, 7) is 3.14. The van der Waals surface area contributed by atoms with E-state index in [1.165, 1.54) is 11.3 Å². The van der Waals surface area contributed by atoms with Gasteiger partial charge in [-0.25, -0.2) is 0 Å². The van der Waals surface area contributed by atoms with Gasteiger partial charge in [-0.3, -0.25) is 24.1 Å². The molecule has 1 saturated heterocycles. The van der Waals surface area contributed by atoms with Crippen molar-refractivity contribution in [3.63, 3.8) is 0 Å². The number of carbonyl (C=O) groups is 3. The summed E-state index contributed by atoms with van der Waals surface area (Å²) in [7, 11) is 0. The van der Waals surface area contributed by atoms with E-state index < -0.39 is 17.8 Å². The standard InChI is InChI=1S/C30H28N2O6S2/c1-14(2)37-20(33)13-32-28(34)23-18-12-19(24(23)29(32)35)25-22(18)21(26-27(39-25)31-30(36)40-26)15-7-6-10-17(11-15)38-16-8-4-3-5-9-16/h3-11,14,18-19,21-25H,12-13H2,1-2H3,(H,31,36). The van der Waals surface area contributed by atoms with E-state index in [1.54, 1.807) is 25.6 Å². The van der Waals surface area contributed by atoms with Gasteiger partial charge in [0.25, 0.3) is 0 Å². The van der Waals surface area contributed by atoms with Crippen LogP contribution in [0.25, 0.3) is 0 Å². The molecule has 7 atom stereocenters. The van der Waals surface area contributed by atoms with Gasteiger partial charge in [0.1, 0.15) is 18.0 Å². The molecule has 2 aliphatic heterocycles. The maximum atomic E-state index is 13.7. The van der Waals surface area contributed by atoms with E-state index in [0.717, 1.165) is 32.5 Å². The van der Waals surface area contributed by atoms with Gasteiger partial charge < -0.3 is 14.5 Å². The van der Waals surface area contributed by atoms with Crippen molar-refractivity contribution in [1.29, 1.82) is 0 Å². The van der Waals surface area contributed by atoms with Gasteiger partial charge in [0.15, 0.2) is 0 Å². The number of carbonyl (C=O) groups excluding carboxylic acids is 3. The SMILES string of the molecule is CC(C)OC(=O)CN1C(=O)C2C3CC(C2C1=O)C1C(c2cccc(Oc4ccccc4)c2)c2sc(=O)[nH]c2SC31. The molecule has 7 unspecified atom stereocenters. The minimum atomic E-state index is -0.566. The second-order valence-electron chi connectivity index (χ2n) is 11.2. The zero-order valence-corrected chi connectivity index (χ0v) is 23.6. The number of thiazole rings is 1. The Bertz CT molecular complexity index is 1570. The summed E-state index contributed by atoms with van der Waals surface area (Å²) >= 11 is 2.87. The number of esters is 1. The van der Waals surface area contributed by atoms with Gasteiger partial charge in [-0.15, -0.1) is 11.8 Å². The van der Waals surface area contributed by atoms with Gasteiger partial charge in [-0.2, -0.15) is 0 Å². The molecule has 206 valence electrons. The molecule has 3 aromatic rings. The highest BCUT2D eigenvalue weighted by Gasteiger charge is 2.69. The number of hydrogen-bond donors (Lipinski definition) is 1. The Morgan fingerprint density at radius 2 is 1.73 bits per heavy atom. The number of nitrogens with zero attached hydrogens (tertiary/aromatic N) is 1. The lowest BCUT2D eigenvalue weighted by molar-refractivity contribution is -0.155. The first-order chi connectivity index (χ1) is 19.3. The van der Waals surface area contributed by atoms with Gasteiger partial charge in [0, 0.05) is 16.0 Å². The third kappa shape index (κ3) is 4.03. The number of hydrogen-bond acceptors (Lipinski definition) is 8. The Kier molecular flexibility index (Phi) is 6.16. The molecule has 7 rings (SSSR count). The number of para-hydroxylation sites is 1. The predicted octanol–water partition coefficient (Wildman–Crippen LogP) is 4.65. The molecule has 2 aromatic carbocycles. The first-order valence-electron chi connectivity index (χ1n) is 13.6. The van der Waals surface area contributed by atoms with Crippen molar-refractivity contribution in [2.75, 3.05) is 6.54 Å². The van der Waals surface area contributed by atoms with Gasteiger partial charge >= 0.3 is 10.8 Å². The lowest BCUT2D eigenvalue weighted by Crippen LogP contribution is -2.42. The van der Waals surface area contributed by atoms with E-state index >= 15 is 0 Å². The first kappa shape index (κ1) is 25.6. The van der Waals surface area contributed by atoms with E-state index in [1.807, 2.05) is 48.5 Å². The van der Waals surface area contributed by atoms with Crippen LogP contribution in [0.2, 0.25) is 0 Å². The van der Waals surface area contributed by atoms with Gasteiger partial charge in [0.05, 0.1) is 23.0 Å².